The number of carbonyl (C=O) groups is 1. The first-order valence-corrected chi connectivity index (χ1v) is 9.03. The van der Waals surface area contributed by atoms with Crippen LogP contribution in [-0.4, -0.2) is 55.7 Å². The number of fused-ring (bicyclic) bond motifs is 1. The zero-order valence-electron chi connectivity index (χ0n) is 15.4. The minimum absolute atomic E-state index is 0.0630. The number of carbonyl (C=O) groups excluding carboxylic acids is 1. The van der Waals surface area contributed by atoms with Crippen molar-refractivity contribution in [2.24, 2.45) is 7.05 Å². The van der Waals surface area contributed by atoms with E-state index in [-0.39, 0.29) is 11.9 Å². The minimum atomic E-state index is -0.211. The van der Waals surface area contributed by atoms with Crippen LogP contribution < -0.4 is 5.32 Å². The van der Waals surface area contributed by atoms with Crippen molar-refractivity contribution in [3.05, 3.63) is 36.3 Å². The van der Waals surface area contributed by atoms with Gasteiger partial charge in [0.2, 0.25) is 5.91 Å². The van der Waals surface area contributed by atoms with Gasteiger partial charge in [0.25, 0.3) is 0 Å². The Morgan fingerprint density at radius 1 is 1.31 bits per heavy atom. The fourth-order valence-corrected chi connectivity index (χ4v) is 3.75. The van der Waals surface area contributed by atoms with Gasteiger partial charge in [0.05, 0.1) is 6.04 Å². The number of aryl methyl sites for hydroxylation is 1. The number of nitrogens with zero attached hydrogens (tertiary/aromatic N) is 4. The molecule has 3 aromatic rings. The predicted molar refractivity (Wildman–Crippen MR) is 101 cm³/mol. The van der Waals surface area contributed by atoms with E-state index in [4.69, 9.17) is 0 Å². The molecule has 0 aliphatic carbocycles. The molecular weight excluding hydrogens is 328 g/mol. The molecule has 0 saturated carbocycles. The van der Waals surface area contributed by atoms with Crippen LogP contribution in [0.3, 0.4) is 0 Å². The van der Waals surface area contributed by atoms with E-state index in [0.717, 1.165) is 28.8 Å². The third-order valence-electron chi connectivity index (χ3n) is 5.12. The lowest BCUT2D eigenvalue weighted by Crippen LogP contribution is -2.58. The molecule has 26 heavy (non-hydrogen) atoms. The number of nitrogens with one attached hydrogen (secondary N) is 2. The largest absolute Gasteiger partial charge is 0.353 e. The molecule has 1 saturated heterocycles. The Balaban J connectivity index is 1.62. The van der Waals surface area contributed by atoms with Gasteiger partial charge in [-0.3, -0.25) is 14.8 Å². The highest BCUT2D eigenvalue weighted by atomic mass is 16.2. The molecule has 7 heteroatoms. The van der Waals surface area contributed by atoms with E-state index in [1.165, 1.54) is 0 Å². The molecule has 0 bridgehead atoms. The molecule has 0 radical (unpaired) electrons. The monoisotopic (exact) mass is 352 g/mol. The molecule has 1 amide bonds. The first-order valence-electron chi connectivity index (χ1n) is 9.03. The lowest BCUT2D eigenvalue weighted by Gasteiger charge is -2.37. The fraction of sp³-hybridized carbons (Fsp3) is 0.421. The number of H-pyrrole nitrogens is 1. The lowest BCUT2D eigenvalue weighted by molar-refractivity contribution is -0.130. The average molecular weight is 352 g/mol. The highest BCUT2D eigenvalue weighted by Crippen LogP contribution is 2.27. The maximum atomic E-state index is 12.4. The Morgan fingerprint density at radius 2 is 2.15 bits per heavy atom. The van der Waals surface area contributed by atoms with Crippen LogP contribution in [0.25, 0.3) is 22.3 Å². The Kier molecular flexibility index (Phi) is 4.24. The zero-order valence-corrected chi connectivity index (χ0v) is 15.4. The van der Waals surface area contributed by atoms with Gasteiger partial charge in [0, 0.05) is 55.3 Å². The standard InChI is InChI=1S/C19H24N6O/c1-12(2)25-10-8-20-19(26)16(25)11-17-21-18(23-22-17)14-5-4-6-15-13(14)7-9-24(15)3/h4-7,9,12,16H,8,10-11H2,1-3H3,(H,20,26)(H,21,22,23). The van der Waals surface area contributed by atoms with E-state index in [2.05, 4.69) is 55.9 Å². The number of aromatic amines is 1. The number of hydrogen-bond donors (Lipinski definition) is 2. The third-order valence-corrected chi connectivity index (χ3v) is 5.12. The Hall–Kier alpha value is -2.67. The van der Waals surface area contributed by atoms with E-state index < -0.39 is 0 Å². The summed E-state index contributed by atoms with van der Waals surface area (Å²) in [5, 5.41) is 11.5. The van der Waals surface area contributed by atoms with Gasteiger partial charge in [0.15, 0.2) is 5.82 Å². The summed E-state index contributed by atoms with van der Waals surface area (Å²) in [5.41, 5.74) is 2.14. The first-order chi connectivity index (χ1) is 12.5. The van der Waals surface area contributed by atoms with Crippen LogP contribution in [-0.2, 0) is 18.3 Å². The van der Waals surface area contributed by atoms with Crippen molar-refractivity contribution in [3.63, 3.8) is 0 Å². The molecule has 1 fully saturated rings. The first kappa shape index (κ1) is 16.8. The normalized spacial score (nSPS) is 18.6. The molecule has 2 aromatic heterocycles. The summed E-state index contributed by atoms with van der Waals surface area (Å²) < 4.78 is 2.08. The van der Waals surface area contributed by atoms with E-state index in [1.54, 1.807) is 0 Å². The topological polar surface area (TPSA) is 78.8 Å². The summed E-state index contributed by atoms with van der Waals surface area (Å²) in [5.74, 6) is 1.47. The van der Waals surface area contributed by atoms with Crippen molar-refractivity contribution < 1.29 is 4.79 Å². The van der Waals surface area contributed by atoms with Gasteiger partial charge < -0.3 is 9.88 Å². The second kappa shape index (κ2) is 6.57. The van der Waals surface area contributed by atoms with Crippen LogP contribution in [0.5, 0.6) is 0 Å². The van der Waals surface area contributed by atoms with Crippen LogP contribution >= 0.6 is 0 Å². The molecular formula is C19H24N6O. The van der Waals surface area contributed by atoms with Gasteiger partial charge in [-0.1, -0.05) is 12.1 Å². The summed E-state index contributed by atoms with van der Waals surface area (Å²) in [4.78, 5) is 19.3. The number of rotatable bonds is 4. The minimum Gasteiger partial charge on any atom is -0.353 e. The van der Waals surface area contributed by atoms with E-state index >= 15 is 0 Å². The number of benzene rings is 1. The summed E-state index contributed by atoms with van der Waals surface area (Å²) in [6.45, 7) is 5.80. The Bertz CT molecular complexity index is 941. The molecule has 136 valence electrons. The molecule has 1 unspecified atom stereocenters. The number of aromatic nitrogens is 4. The van der Waals surface area contributed by atoms with Crippen LogP contribution in [0.15, 0.2) is 30.5 Å². The molecule has 4 rings (SSSR count). The maximum Gasteiger partial charge on any atom is 0.237 e. The molecule has 1 aromatic carbocycles. The third kappa shape index (κ3) is 2.88. The van der Waals surface area contributed by atoms with Crippen LogP contribution in [0.1, 0.15) is 19.7 Å². The highest BCUT2D eigenvalue weighted by Gasteiger charge is 2.32. The second-order valence-electron chi connectivity index (χ2n) is 7.11. The van der Waals surface area contributed by atoms with Crippen LogP contribution in [0.4, 0.5) is 0 Å². The van der Waals surface area contributed by atoms with Crippen LogP contribution in [0, 0.1) is 0 Å². The highest BCUT2D eigenvalue weighted by molar-refractivity contribution is 5.93. The van der Waals surface area contributed by atoms with Gasteiger partial charge in [-0.05, 0) is 26.0 Å². The molecule has 1 atom stereocenters. The SMILES string of the molecule is CC(C)N1CCNC(=O)C1Cc1nc(-c2cccc3c2ccn3C)n[nH]1. The van der Waals surface area contributed by atoms with Gasteiger partial charge >= 0.3 is 0 Å². The Labute approximate surface area is 152 Å². The fourth-order valence-electron chi connectivity index (χ4n) is 3.75. The van der Waals surface area contributed by atoms with Crippen molar-refractivity contribution in [1.82, 2.24) is 30.0 Å². The van der Waals surface area contributed by atoms with Crippen molar-refractivity contribution in [2.75, 3.05) is 13.1 Å². The number of hydrogen-bond acceptors (Lipinski definition) is 4. The van der Waals surface area contributed by atoms with Gasteiger partial charge in [-0.2, -0.15) is 5.10 Å². The quantitative estimate of drug-likeness (QED) is 0.749. The van der Waals surface area contributed by atoms with Crippen molar-refractivity contribution >= 4 is 16.8 Å². The Morgan fingerprint density at radius 3 is 2.96 bits per heavy atom. The lowest BCUT2D eigenvalue weighted by atomic mass is 10.1. The summed E-state index contributed by atoms with van der Waals surface area (Å²) in [6, 6.07) is 8.31. The van der Waals surface area contributed by atoms with Gasteiger partial charge in [0.1, 0.15) is 5.82 Å². The van der Waals surface area contributed by atoms with Gasteiger partial charge in [-0.15, -0.1) is 0 Å². The van der Waals surface area contributed by atoms with E-state index in [9.17, 15) is 4.79 Å². The van der Waals surface area contributed by atoms with E-state index in [0.29, 0.717) is 24.8 Å². The number of amides is 1. The molecule has 0 spiro atoms. The summed E-state index contributed by atoms with van der Waals surface area (Å²) >= 11 is 0. The van der Waals surface area contributed by atoms with Crippen LogP contribution in [0.2, 0.25) is 0 Å². The summed E-state index contributed by atoms with van der Waals surface area (Å²) in [6.07, 6.45) is 2.57. The van der Waals surface area contributed by atoms with Crippen molar-refractivity contribution in [3.8, 4) is 11.4 Å². The molecule has 1 aliphatic heterocycles. The molecule has 3 heterocycles. The van der Waals surface area contributed by atoms with Crippen molar-refractivity contribution in [1.29, 1.82) is 0 Å². The molecule has 1 aliphatic rings. The number of piperazine rings is 1. The predicted octanol–water partition coefficient (Wildman–Crippen LogP) is 1.71. The molecule has 7 nitrogen and oxygen atoms in total. The van der Waals surface area contributed by atoms with E-state index in [1.807, 2.05) is 25.4 Å². The maximum absolute atomic E-state index is 12.4. The van der Waals surface area contributed by atoms with Gasteiger partial charge in [-0.25, -0.2) is 4.98 Å². The van der Waals surface area contributed by atoms with Crippen molar-refractivity contribution in [2.45, 2.75) is 32.4 Å². The second-order valence-corrected chi connectivity index (χ2v) is 7.11. The summed E-state index contributed by atoms with van der Waals surface area (Å²) in [7, 11) is 2.03. The molecule has 2 N–H and O–H groups in total. The average Bonchev–Trinajstić information content (AvgIpc) is 3.24. The zero-order chi connectivity index (χ0) is 18.3. The smallest absolute Gasteiger partial charge is 0.237 e.